The maximum Gasteiger partial charge on any atom is 0.175 e. The van der Waals surface area contributed by atoms with Crippen LogP contribution in [0.25, 0.3) is 0 Å². The zero-order valence-corrected chi connectivity index (χ0v) is 17.0. The van der Waals surface area contributed by atoms with Crippen molar-refractivity contribution in [3.8, 4) is 11.5 Å². The Balaban J connectivity index is 1.61. The lowest BCUT2D eigenvalue weighted by atomic mass is 10.1. The molecule has 1 unspecified atom stereocenters. The molecule has 4 nitrogen and oxygen atoms in total. The van der Waals surface area contributed by atoms with Gasteiger partial charge in [0.2, 0.25) is 0 Å². The zero-order valence-electron chi connectivity index (χ0n) is 15.4. The summed E-state index contributed by atoms with van der Waals surface area (Å²) in [7, 11) is 1.67. The Labute approximate surface area is 164 Å². The second-order valence-electron chi connectivity index (χ2n) is 6.65. The maximum absolute atomic E-state index is 6.01. The molecule has 2 aromatic rings. The van der Waals surface area contributed by atoms with Crippen LogP contribution in [0.2, 0.25) is 0 Å². The molecule has 0 amide bonds. The van der Waals surface area contributed by atoms with Crippen molar-refractivity contribution >= 4 is 15.9 Å². The van der Waals surface area contributed by atoms with E-state index >= 15 is 0 Å². The Hall–Kier alpha value is -1.56. The van der Waals surface area contributed by atoms with Gasteiger partial charge in [0.1, 0.15) is 6.61 Å². The summed E-state index contributed by atoms with van der Waals surface area (Å²) in [5.74, 6) is 1.47. The van der Waals surface area contributed by atoms with Crippen LogP contribution in [-0.2, 0) is 17.9 Å². The van der Waals surface area contributed by atoms with Crippen molar-refractivity contribution in [3.63, 3.8) is 0 Å². The molecule has 140 valence electrons. The number of benzene rings is 2. The average molecular weight is 420 g/mol. The third-order valence-corrected chi connectivity index (χ3v) is 5.11. The predicted octanol–water partition coefficient (Wildman–Crippen LogP) is 4.61. The number of methoxy groups -OCH3 is 1. The Kier molecular flexibility index (Phi) is 6.94. The molecule has 0 bridgehead atoms. The highest BCUT2D eigenvalue weighted by Gasteiger charge is 2.15. The van der Waals surface area contributed by atoms with Gasteiger partial charge in [0.25, 0.3) is 0 Å². The van der Waals surface area contributed by atoms with Crippen LogP contribution in [-0.4, -0.2) is 26.4 Å². The smallest absolute Gasteiger partial charge is 0.175 e. The highest BCUT2D eigenvalue weighted by molar-refractivity contribution is 9.10. The lowest BCUT2D eigenvalue weighted by Crippen LogP contribution is -2.25. The van der Waals surface area contributed by atoms with Crippen molar-refractivity contribution in [3.05, 3.63) is 57.6 Å². The lowest BCUT2D eigenvalue weighted by molar-refractivity contribution is 0.110. The van der Waals surface area contributed by atoms with Crippen molar-refractivity contribution in [2.45, 2.75) is 39.0 Å². The highest BCUT2D eigenvalue weighted by atomic mass is 79.9. The van der Waals surface area contributed by atoms with Gasteiger partial charge in [-0.1, -0.05) is 29.8 Å². The lowest BCUT2D eigenvalue weighted by Gasteiger charge is -2.16. The van der Waals surface area contributed by atoms with Crippen LogP contribution in [0.3, 0.4) is 0 Å². The monoisotopic (exact) mass is 419 g/mol. The molecule has 1 aliphatic rings. The standard InChI is InChI=1S/C21H26BrNO3/c1-15-5-7-16(8-6-15)14-26-21-19(22)10-17(11-20(21)24-2)12-23-13-18-4-3-9-25-18/h5-8,10-11,18,23H,3-4,9,12-14H2,1-2H3. The third-order valence-electron chi connectivity index (χ3n) is 4.52. The van der Waals surface area contributed by atoms with Crippen LogP contribution in [0.15, 0.2) is 40.9 Å². The SMILES string of the molecule is COc1cc(CNCC2CCCO2)cc(Br)c1OCc1ccc(C)cc1. The number of nitrogens with one attached hydrogen (secondary N) is 1. The Morgan fingerprint density at radius 1 is 1.19 bits per heavy atom. The zero-order chi connectivity index (χ0) is 18.4. The molecule has 26 heavy (non-hydrogen) atoms. The van der Waals surface area contributed by atoms with E-state index in [1.165, 1.54) is 12.0 Å². The van der Waals surface area contributed by atoms with Crippen molar-refractivity contribution < 1.29 is 14.2 Å². The first kappa shape index (κ1) is 19.2. The molecule has 3 rings (SSSR count). The molecule has 1 fully saturated rings. The molecule has 0 radical (unpaired) electrons. The van der Waals surface area contributed by atoms with Crippen molar-refractivity contribution in [1.29, 1.82) is 0 Å². The average Bonchev–Trinajstić information content (AvgIpc) is 3.15. The van der Waals surface area contributed by atoms with Gasteiger partial charge in [-0.3, -0.25) is 0 Å². The Bertz CT molecular complexity index is 712. The molecule has 0 spiro atoms. The van der Waals surface area contributed by atoms with Gasteiger partial charge in [-0.2, -0.15) is 0 Å². The van der Waals surface area contributed by atoms with Crippen LogP contribution in [0.1, 0.15) is 29.5 Å². The Morgan fingerprint density at radius 3 is 2.69 bits per heavy atom. The van der Waals surface area contributed by atoms with Crippen LogP contribution in [0.4, 0.5) is 0 Å². The van der Waals surface area contributed by atoms with Crippen LogP contribution in [0.5, 0.6) is 11.5 Å². The minimum absolute atomic E-state index is 0.345. The van der Waals surface area contributed by atoms with E-state index in [0.29, 0.717) is 12.7 Å². The number of halogens is 1. The van der Waals surface area contributed by atoms with E-state index in [4.69, 9.17) is 14.2 Å². The first-order valence-electron chi connectivity index (χ1n) is 9.03. The molecule has 1 aliphatic heterocycles. The maximum atomic E-state index is 6.01. The topological polar surface area (TPSA) is 39.7 Å². The van der Waals surface area contributed by atoms with E-state index in [1.54, 1.807) is 7.11 Å². The van der Waals surface area contributed by atoms with Crippen molar-refractivity contribution in [1.82, 2.24) is 5.32 Å². The van der Waals surface area contributed by atoms with Gasteiger partial charge in [0.15, 0.2) is 11.5 Å². The van der Waals surface area contributed by atoms with E-state index in [-0.39, 0.29) is 0 Å². The Morgan fingerprint density at radius 2 is 2.00 bits per heavy atom. The summed E-state index contributed by atoms with van der Waals surface area (Å²) in [4.78, 5) is 0. The van der Waals surface area contributed by atoms with Gasteiger partial charge in [-0.05, 0) is 59.0 Å². The summed E-state index contributed by atoms with van der Waals surface area (Å²) in [5.41, 5.74) is 3.52. The predicted molar refractivity (Wildman–Crippen MR) is 107 cm³/mol. The molecule has 2 aromatic carbocycles. The first-order valence-corrected chi connectivity index (χ1v) is 9.82. The number of aryl methyl sites for hydroxylation is 1. The van der Waals surface area contributed by atoms with Crippen LogP contribution >= 0.6 is 15.9 Å². The molecular weight excluding hydrogens is 394 g/mol. The van der Waals surface area contributed by atoms with E-state index in [0.717, 1.165) is 53.2 Å². The summed E-state index contributed by atoms with van der Waals surface area (Å²) in [6, 6.07) is 12.5. The fourth-order valence-corrected chi connectivity index (χ4v) is 3.64. The molecule has 0 aromatic heterocycles. The second kappa shape index (κ2) is 9.40. The van der Waals surface area contributed by atoms with Crippen LogP contribution < -0.4 is 14.8 Å². The molecule has 1 saturated heterocycles. The van der Waals surface area contributed by atoms with Gasteiger partial charge < -0.3 is 19.5 Å². The van der Waals surface area contributed by atoms with Crippen molar-refractivity contribution in [2.24, 2.45) is 0 Å². The summed E-state index contributed by atoms with van der Waals surface area (Å²) in [6.07, 6.45) is 2.65. The van der Waals surface area contributed by atoms with E-state index in [1.807, 2.05) is 6.07 Å². The fraction of sp³-hybridized carbons (Fsp3) is 0.429. The largest absolute Gasteiger partial charge is 0.493 e. The molecule has 1 atom stereocenters. The number of hydrogen-bond acceptors (Lipinski definition) is 4. The molecular formula is C21H26BrNO3. The van der Waals surface area contributed by atoms with Gasteiger partial charge in [-0.15, -0.1) is 0 Å². The third kappa shape index (κ3) is 5.22. The minimum atomic E-state index is 0.345. The van der Waals surface area contributed by atoms with Gasteiger partial charge >= 0.3 is 0 Å². The van der Waals surface area contributed by atoms with Gasteiger partial charge in [-0.25, -0.2) is 0 Å². The second-order valence-corrected chi connectivity index (χ2v) is 7.50. The van der Waals surface area contributed by atoms with Gasteiger partial charge in [0, 0.05) is 19.7 Å². The number of rotatable bonds is 8. The molecule has 1 N–H and O–H groups in total. The van der Waals surface area contributed by atoms with E-state index in [2.05, 4.69) is 58.5 Å². The van der Waals surface area contributed by atoms with Crippen LogP contribution in [0, 0.1) is 6.92 Å². The van der Waals surface area contributed by atoms with Gasteiger partial charge in [0.05, 0.1) is 17.7 Å². The molecule has 5 heteroatoms. The minimum Gasteiger partial charge on any atom is -0.493 e. The molecule has 1 heterocycles. The summed E-state index contributed by atoms with van der Waals surface area (Å²) in [5, 5.41) is 3.46. The summed E-state index contributed by atoms with van der Waals surface area (Å²) >= 11 is 3.62. The number of hydrogen-bond donors (Lipinski definition) is 1. The summed E-state index contributed by atoms with van der Waals surface area (Å²) < 4.78 is 18.1. The number of ether oxygens (including phenoxy) is 3. The molecule has 0 aliphatic carbocycles. The van der Waals surface area contributed by atoms with E-state index < -0.39 is 0 Å². The van der Waals surface area contributed by atoms with E-state index in [9.17, 15) is 0 Å². The normalized spacial score (nSPS) is 16.7. The first-order chi connectivity index (χ1) is 12.7. The fourth-order valence-electron chi connectivity index (χ4n) is 3.04. The molecule has 0 saturated carbocycles. The highest BCUT2D eigenvalue weighted by Crippen LogP contribution is 2.37. The quantitative estimate of drug-likeness (QED) is 0.677. The van der Waals surface area contributed by atoms with Crippen molar-refractivity contribution in [2.75, 3.05) is 20.3 Å². The summed E-state index contributed by atoms with van der Waals surface area (Å²) in [6.45, 7) is 5.12.